The van der Waals surface area contributed by atoms with Crippen LogP contribution in [0.15, 0.2) is 42.6 Å². The molecule has 1 fully saturated rings. The van der Waals surface area contributed by atoms with Crippen molar-refractivity contribution >= 4 is 23.3 Å². The summed E-state index contributed by atoms with van der Waals surface area (Å²) in [6.45, 7) is 1.63. The largest absolute Gasteiger partial charge is 0.465 e. The van der Waals surface area contributed by atoms with E-state index in [1.807, 2.05) is 11.0 Å². The van der Waals surface area contributed by atoms with Crippen LogP contribution in [-0.2, 0) is 4.74 Å². The van der Waals surface area contributed by atoms with Crippen molar-refractivity contribution in [1.82, 2.24) is 9.88 Å². The number of methoxy groups -OCH3 is 1. The summed E-state index contributed by atoms with van der Waals surface area (Å²) >= 11 is 0. The maximum absolute atomic E-state index is 12.6. The van der Waals surface area contributed by atoms with Crippen LogP contribution >= 0.6 is 0 Å². The van der Waals surface area contributed by atoms with E-state index in [9.17, 15) is 9.59 Å². The van der Waals surface area contributed by atoms with Crippen LogP contribution in [0.5, 0.6) is 0 Å². The Morgan fingerprint density at radius 2 is 1.62 bits per heavy atom. The number of aromatic nitrogens is 1. The molecule has 0 bridgehead atoms. The van der Waals surface area contributed by atoms with Gasteiger partial charge in [0.25, 0.3) is 5.91 Å². The number of likely N-dealkylation sites (tertiary alicyclic amines) is 1. The molecule has 26 heavy (non-hydrogen) atoms. The van der Waals surface area contributed by atoms with E-state index in [-0.39, 0.29) is 11.9 Å². The molecule has 0 atom stereocenters. The Labute approximate surface area is 153 Å². The van der Waals surface area contributed by atoms with Crippen molar-refractivity contribution < 1.29 is 14.3 Å². The van der Waals surface area contributed by atoms with Crippen LogP contribution in [0.4, 0.5) is 11.4 Å². The molecular formula is C20H23N3O3. The molecule has 1 aromatic heterocycles. The zero-order valence-corrected chi connectivity index (χ0v) is 14.9. The molecule has 6 nitrogen and oxygen atoms in total. The molecule has 2 heterocycles. The van der Waals surface area contributed by atoms with Crippen molar-refractivity contribution in [3.05, 3.63) is 53.9 Å². The zero-order valence-electron chi connectivity index (χ0n) is 14.9. The fourth-order valence-corrected chi connectivity index (χ4v) is 3.00. The predicted molar refractivity (Wildman–Crippen MR) is 99.7 cm³/mol. The SMILES string of the molecule is COC(=O)c1ccc(Nc2ccc(C(=O)N3CCCCCC3)nc2)cc1. The molecule has 0 unspecified atom stereocenters. The number of hydrogen-bond acceptors (Lipinski definition) is 5. The lowest BCUT2D eigenvalue weighted by Gasteiger charge is -2.19. The number of carbonyl (C=O) groups is 2. The zero-order chi connectivity index (χ0) is 18.4. The van der Waals surface area contributed by atoms with Crippen molar-refractivity contribution in [1.29, 1.82) is 0 Å². The van der Waals surface area contributed by atoms with Crippen molar-refractivity contribution in [2.24, 2.45) is 0 Å². The molecule has 0 spiro atoms. The minimum atomic E-state index is -0.366. The maximum Gasteiger partial charge on any atom is 0.337 e. The number of rotatable bonds is 4. The second-order valence-corrected chi connectivity index (χ2v) is 6.33. The van der Waals surface area contributed by atoms with Gasteiger partial charge in [-0.15, -0.1) is 0 Å². The number of pyridine rings is 1. The van der Waals surface area contributed by atoms with Crippen LogP contribution in [-0.4, -0.2) is 42.0 Å². The highest BCUT2D eigenvalue weighted by molar-refractivity contribution is 5.92. The van der Waals surface area contributed by atoms with Crippen molar-refractivity contribution in [3.63, 3.8) is 0 Å². The second kappa shape index (κ2) is 8.47. The summed E-state index contributed by atoms with van der Waals surface area (Å²) in [5.41, 5.74) is 2.57. The second-order valence-electron chi connectivity index (χ2n) is 6.33. The molecule has 1 aromatic carbocycles. The third kappa shape index (κ3) is 4.39. The fourth-order valence-electron chi connectivity index (χ4n) is 3.00. The van der Waals surface area contributed by atoms with Gasteiger partial charge in [0.15, 0.2) is 0 Å². The highest BCUT2D eigenvalue weighted by Crippen LogP contribution is 2.18. The van der Waals surface area contributed by atoms with Crippen molar-refractivity contribution in [2.75, 3.05) is 25.5 Å². The Hall–Kier alpha value is -2.89. The summed E-state index contributed by atoms with van der Waals surface area (Å²) < 4.78 is 4.68. The van der Waals surface area contributed by atoms with E-state index in [4.69, 9.17) is 0 Å². The average Bonchev–Trinajstić information content (AvgIpc) is 2.97. The van der Waals surface area contributed by atoms with Crippen LogP contribution in [0.1, 0.15) is 46.5 Å². The molecule has 3 rings (SSSR count). The van der Waals surface area contributed by atoms with Crippen LogP contribution in [0, 0.1) is 0 Å². The van der Waals surface area contributed by atoms with E-state index in [1.54, 1.807) is 36.5 Å². The fraction of sp³-hybridized carbons (Fsp3) is 0.350. The van der Waals surface area contributed by atoms with Gasteiger partial charge in [0.2, 0.25) is 0 Å². The number of amides is 1. The highest BCUT2D eigenvalue weighted by Gasteiger charge is 2.18. The molecular weight excluding hydrogens is 330 g/mol. The van der Waals surface area contributed by atoms with Gasteiger partial charge in [-0.25, -0.2) is 9.78 Å². The van der Waals surface area contributed by atoms with Gasteiger partial charge in [-0.2, -0.15) is 0 Å². The number of nitrogens with one attached hydrogen (secondary N) is 1. The average molecular weight is 353 g/mol. The number of hydrogen-bond donors (Lipinski definition) is 1. The molecule has 0 saturated carbocycles. The number of ether oxygens (including phenoxy) is 1. The number of carbonyl (C=O) groups excluding carboxylic acids is 2. The van der Waals surface area contributed by atoms with Crippen LogP contribution in [0.2, 0.25) is 0 Å². The number of esters is 1. The number of benzene rings is 1. The molecule has 0 radical (unpaired) electrons. The van der Waals surface area contributed by atoms with E-state index in [2.05, 4.69) is 15.0 Å². The summed E-state index contributed by atoms with van der Waals surface area (Å²) in [7, 11) is 1.36. The molecule has 1 amide bonds. The minimum absolute atomic E-state index is 0.000816. The van der Waals surface area contributed by atoms with Gasteiger partial charge in [-0.05, 0) is 49.2 Å². The Balaban J connectivity index is 1.63. The molecule has 1 aliphatic rings. The third-order valence-electron chi connectivity index (χ3n) is 4.47. The van der Waals surface area contributed by atoms with E-state index >= 15 is 0 Å². The van der Waals surface area contributed by atoms with Crippen molar-refractivity contribution in [2.45, 2.75) is 25.7 Å². The van der Waals surface area contributed by atoms with Gasteiger partial charge in [0.05, 0.1) is 24.6 Å². The Morgan fingerprint density at radius 1 is 0.962 bits per heavy atom. The topological polar surface area (TPSA) is 71.5 Å². The van der Waals surface area contributed by atoms with E-state index in [0.717, 1.165) is 37.3 Å². The number of anilines is 2. The van der Waals surface area contributed by atoms with Crippen molar-refractivity contribution in [3.8, 4) is 0 Å². The maximum atomic E-state index is 12.6. The van der Waals surface area contributed by atoms with E-state index in [0.29, 0.717) is 11.3 Å². The lowest BCUT2D eigenvalue weighted by atomic mass is 10.2. The van der Waals surface area contributed by atoms with Gasteiger partial charge in [0, 0.05) is 18.8 Å². The molecule has 2 aromatic rings. The molecule has 1 aliphatic heterocycles. The standard InChI is InChI=1S/C20H23N3O3/c1-26-20(25)15-6-8-16(9-7-15)22-17-10-11-18(21-14-17)19(24)23-12-4-2-3-5-13-23/h6-11,14,22H,2-5,12-13H2,1H3. The highest BCUT2D eigenvalue weighted by atomic mass is 16.5. The van der Waals surface area contributed by atoms with Gasteiger partial charge < -0.3 is 15.0 Å². The summed E-state index contributed by atoms with van der Waals surface area (Å²) in [5, 5.41) is 3.20. The first-order chi connectivity index (χ1) is 12.7. The van der Waals surface area contributed by atoms with Gasteiger partial charge in [0.1, 0.15) is 5.69 Å². The predicted octanol–water partition coefficient (Wildman–Crippen LogP) is 3.63. The lowest BCUT2D eigenvalue weighted by molar-refractivity contribution is 0.0600. The van der Waals surface area contributed by atoms with E-state index in [1.165, 1.54) is 20.0 Å². The lowest BCUT2D eigenvalue weighted by Crippen LogP contribution is -2.32. The smallest absolute Gasteiger partial charge is 0.337 e. The van der Waals surface area contributed by atoms with Crippen LogP contribution < -0.4 is 5.32 Å². The van der Waals surface area contributed by atoms with Crippen LogP contribution in [0.25, 0.3) is 0 Å². The Bertz CT molecular complexity index is 749. The first-order valence-corrected chi connectivity index (χ1v) is 8.88. The monoisotopic (exact) mass is 353 g/mol. The van der Waals surface area contributed by atoms with Gasteiger partial charge in [-0.1, -0.05) is 12.8 Å². The molecule has 1 N–H and O–H groups in total. The van der Waals surface area contributed by atoms with Crippen LogP contribution in [0.3, 0.4) is 0 Å². The first kappa shape index (κ1) is 17.9. The van der Waals surface area contributed by atoms with Gasteiger partial charge >= 0.3 is 5.97 Å². The quantitative estimate of drug-likeness (QED) is 0.850. The summed E-state index contributed by atoms with van der Waals surface area (Å²) in [4.78, 5) is 30.2. The molecule has 1 saturated heterocycles. The first-order valence-electron chi connectivity index (χ1n) is 8.88. The minimum Gasteiger partial charge on any atom is -0.465 e. The molecule has 0 aliphatic carbocycles. The Morgan fingerprint density at radius 3 is 2.19 bits per heavy atom. The van der Waals surface area contributed by atoms with E-state index < -0.39 is 0 Å². The summed E-state index contributed by atoms with van der Waals surface area (Å²) in [5.74, 6) is -0.365. The third-order valence-corrected chi connectivity index (χ3v) is 4.47. The summed E-state index contributed by atoms with van der Waals surface area (Å²) in [6, 6.07) is 10.6. The Kier molecular flexibility index (Phi) is 5.84. The molecule has 6 heteroatoms. The molecule has 136 valence electrons. The number of nitrogens with zero attached hydrogens (tertiary/aromatic N) is 2. The normalized spacial score (nSPS) is 14.4. The summed E-state index contributed by atoms with van der Waals surface area (Å²) in [6.07, 6.45) is 6.16. The van der Waals surface area contributed by atoms with Gasteiger partial charge in [-0.3, -0.25) is 4.79 Å².